The highest BCUT2D eigenvalue weighted by atomic mass is 32.2. The van der Waals surface area contributed by atoms with Crippen molar-refractivity contribution in [3.63, 3.8) is 0 Å². The number of pyridine rings is 1. The van der Waals surface area contributed by atoms with Crippen molar-refractivity contribution in [2.45, 2.75) is 39.2 Å². The summed E-state index contributed by atoms with van der Waals surface area (Å²) >= 11 is 0. The minimum absolute atomic E-state index is 0.188. The molecule has 7 heteroatoms. The molecule has 0 saturated carbocycles. The average Bonchev–Trinajstić information content (AvgIpc) is 2.92. The van der Waals surface area contributed by atoms with Gasteiger partial charge < -0.3 is 5.32 Å². The molecule has 0 saturated heterocycles. The van der Waals surface area contributed by atoms with Crippen molar-refractivity contribution in [2.75, 3.05) is 15.9 Å². The smallest absolute Gasteiger partial charge is 0.255 e. The Morgan fingerprint density at radius 2 is 1.37 bits per heavy atom. The molecule has 0 spiro atoms. The van der Waals surface area contributed by atoms with Gasteiger partial charge in [-0.25, -0.2) is 8.42 Å². The van der Waals surface area contributed by atoms with Gasteiger partial charge in [-0.05, 0) is 90.0 Å². The minimum atomic E-state index is -3.49. The van der Waals surface area contributed by atoms with E-state index in [-0.39, 0.29) is 12.5 Å². The lowest BCUT2D eigenvalue weighted by Crippen LogP contribution is -2.29. The number of amides is 1. The number of aryl methyl sites for hydroxylation is 1. The zero-order valence-electron chi connectivity index (χ0n) is 21.8. The number of anilines is 2. The number of nitrogens with one attached hydrogen (secondary N) is 1. The topological polar surface area (TPSA) is 79.4 Å². The molecule has 6 nitrogen and oxygen atoms in total. The molecular formula is C31H33N3O3S. The second-order valence-electron chi connectivity index (χ2n) is 9.42. The Bertz CT molecular complexity index is 1440. The molecule has 0 bridgehead atoms. The summed E-state index contributed by atoms with van der Waals surface area (Å²) in [4.78, 5) is 16.8. The highest BCUT2D eigenvalue weighted by Gasteiger charge is 2.18. The van der Waals surface area contributed by atoms with Gasteiger partial charge in [0.15, 0.2) is 0 Å². The molecule has 0 aliphatic heterocycles. The fourth-order valence-corrected chi connectivity index (χ4v) is 5.07. The van der Waals surface area contributed by atoms with E-state index in [0.29, 0.717) is 16.9 Å². The van der Waals surface area contributed by atoms with Crippen LogP contribution in [0.25, 0.3) is 0 Å². The predicted molar refractivity (Wildman–Crippen MR) is 154 cm³/mol. The quantitative estimate of drug-likeness (QED) is 0.251. The molecule has 1 amide bonds. The lowest BCUT2D eigenvalue weighted by Gasteiger charge is -2.23. The fourth-order valence-electron chi connectivity index (χ4n) is 4.18. The van der Waals surface area contributed by atoms with E-state index in [2.05, 4.69) is 17.2 Å². The van der Waals surface area contributed by atoms with Crippen molar-refractivity contribution >= 4 is 27.3 Å². The van der Waals surface area contributed by atoms with Gasteiger partial charge in [-0.2, -0.15) is 0 Å². The Labute approximate surface area is 225 Å². The van der Waals surface area contributed by atoms with Gasteiger partial charge in [-0.15, -0.1) is 0 Å². The third-order valence-corrected chi connectivity index (χ3v) is 7.50. The van der Waals surface area contributed by atoms with Crippen LogP contribution in [0.15, 0.2) is 97.3 Å². The maximum absolute atomic E-state index is 12.8. The second kappa shape index (κ2) is 12.5. The summed E-state index contributed by atoms with van der Waals surface area (Å²) in [5.41, 5.74) is 6.15. The van der Waals surface area contributed by atoms with E-state index >= 15 is 0 Å². The van der Waals surface area contributed by atoms with Gasteiger partial charge in [0.1, 0.15) is 0 Å². The first-order chi connectivity index (χ1) is 18.3. The zero-order chi connectivity index (χ0) is 27.0. The lowest BCUT2D eigenvalue weighted by atomic mass is 10.1. The van der Waals surface area contributed by atoms with Crippen molar-refractivity contribution in [2.24, 2.45) is 0 Å². The van der Waals surface area contributed by atoms with Crippen molar-refractivity contribution in [3.05, 3.63) is 125 Å². The number of hydrogen-bond donors (Lipinski definition) is 1. The molecule has 3 aromatic carbocycles. The minimum Gasteiger partial charge on any atom is -0.322 e. The number of rotatable bonds is 11. The molecule has 0 aliphatic carbocycles. The third-order valence-electron chi connectivity index (χ3n) is 6.36. The summed E-state index contributed by atoms with van der Waals surface area (Å²) in [6, 6.07) is 26.5. The van der Waals surface area contributed by atoms with Crippen LogP contribution in [0.4, 0.5) is 11.4 Å². The van der Waals surface area contributed by atoms with Crippen molar-refractivity contribution < 1.29 is 13.2 Å². The summed E-state index contributed by atoms with van der Waals surface area (Å²) < 4.78 is 26.5. The van der Waals surface area contributed by atoms with Crippen LogP contribution in [0.3, 0.4) is 0 Å². The van der Waals surface area contributed by atoms with Gasteiger partial charge in [-0.1, -0.05) is 49.7 Å². The average molecular weight is 528 g/mol. The third kappa shape index (κ3) is 7.52. The van der Waals surface area contributed by atoms with Gasteiger partial charge >= 0.3 is 0 Å². The van der Waals surface area contributed by atoms with Crippen LogP contribution >= 0.6 is 0 Å². The van der Waals surface area contributed by atoms with Crippen molar-refractivity contribution in [1.29, 1.82) is 0 Å². The summed E-state index contributed by atoms with van der Waals surface area (Å²) in [7, 11) is -3.49. The molecule has 38 heavy (non-hydrogen) atoms. The van der Waals surface area contributed by atoms with E-state index in [0.717, 1.165) is 36.8 Å². The lowest BCUT2D eigenvalue weighted by molar-refractivity contribution is 0.102. The van der Waals surface area contributed by atoms with E-state index in [1.165, 1.54) is 21.7 Å². The van der Waals surface area contributed by atoms with Crippen LogP contribution in [0.1, 0.15) is 52.4 Å². The standard InChI is InChI=1S/C31H33N3O3S/c1-3-4-5-24-10-16-30(17-11-24)34(38(2,36)37)23-27-6-12-28(13-7-27)31(35)33-29-14-8-25(9-15-29)22-26-18-20-32-21-19-26/h6-21H,3-5,22-23H2,1-2H3,(H,33,35). The van der Waals surface area contributed by atoms with Crippen LogP contribution < -0.4 is 9.62 Å². The number of unbranched alkanes of at least 4 members (excludes halogenated alkanes) is 1. The monoisotopic (exact) mass is 527 g/mol. The molecule has 4 rings (SSSR count). The van der Waals surface area contributed by atoms with E-state index in [1.54, 1.807) is 36.7 Å². The maximum Gasteiger partial charge on any atom is 0.255 e. The number of nitrogens with zero attached hydrogens (tertiary/aromatic N) is 2. The molecule has 4 aromatic rings. The van der Waals surface area contributed by atoms with Gasteiger partial charge in [0, 0.05) is 23.6 Å². The molecule has 1 heterocycles. The van der Waals surface area contributed by atoms with Crippen LogP contribution in [-0.4, -0.2) is 25.6 Å². The molecule has 1 N–H and O–H groups in total. The Hall–Kier alpha value is -3.97. The maximum atomic E-state index is 12.8. The van der Waals surface area contributed by atoms with Crippen LogP contribution in [0, 0.1) is 0 Å². The molecule has 196 valence electrons. The van der Waals surface area contributed by atoms with E-state index in [4.69, 9.17) is 0 Å². The molecular weight excluding hydrogens is 494 g/mol. The van der Waals surface area contributed by atoms with E-state index in [9.17, 15) is 13.2 Å². The molecule has 0 atom stereocenters. The summed E-state index contributed by atoms with van der Waals surface area (Å²) in [5.74, 6) is -0.221. The number of carbonyl (C=O) groups is 1. The van der Waals surface area contributed by atoms with Gasteiger partial charge in [0.2, 0.25) is 10.0 Å². The van der Waals surface area contributed by atoms with E-state index in [1.807, 2.05) is 60.7 Å². The predicted octanol–water partition coefficient (Wildman–Crippen LogP) is 6.23. The van der Waals surface area contributed by atoms with Crippen LogP contribution in [0.2, 0.25) is 0 Å². The Morgan fingerprint density at radius 3 is 1.97 bits per heavy atom. The zero-order valence-corrected chi connectivity index (χ0v) is 22.6. The molecule has 1 aromatic heterocycles. The SMILES string of the molecule is CCCCc1ccc(N(Cc2ccc(C(=O)Nc3ccc(Cc4ccncc4)cc3)cc2)S(C)(=O)=O)cc1. The molecule has 0 unspecified atom stereocenters. The summed E-state index contributed by atoms with van der Waals surface area (Å²) in [6.07, 6.45) is 8.76. The number of carbonyl (C=O) groups excluding carboxylic acids is 1. The first kappa shape index (κ1) is 27.1. The number of benzene rings is 3. The van der Waals surface area contributed by atoms with Gasteiger partial charge in [-0.3, -0.25) is 14.1 Å². The number of hydrogen-bond acceptors (Lipinski definition) is 4. The number of sulfonamides is 1. The Kier molecular flexibility index (Phi) is 8.92. The van der Waals surface area contributed by atoms with Crippen LogP contribution in [0.5, 0.6) is 0 Å². The first-order valence-electron chi connectivity index (χ1n) is 12.8. The highest BCUT2D eigenvalue weighted by molar-refractivity contribution is 7.92. The van der Waals surface area contributed by atoms with Crippen molar-refractivity contribution in [1.82, 2.24) is 4.98 Å². The normalized spacial score (nSPS) is 11.2. The first-order valence-corrected chi connectivity index (χ1v) is 14.6. The Balaban J connectivity index is 1.39. The second-order valence-corrected chi connectivity index (χ2v) is 11.3. The fraction of sp³-hybridized carbons (Fsp3) is 0.226. The number of aromatic nitrogens is 1. The van der Waals surface area contributed by atoms with Crippen LogP contribution in [-0.2, 0) is 29.4 Å². The van der Waals surface area contributed by atoms with E-state index < -0.39 is 10.0 Å². The Morgan fingerprint density at radius 1 is 0.789 bits per heavy atom. The molecule has 0 radical (unpaired) electrons. The highest BCUT2D eigenvalue weighted by Crippen LogP contribution is 2.22. The van der Waals surface area contributed by atoms with Gasteiger partial charge in [0.25, 0.3) is 5.91 Å². The molecule has 0 aliphatic rings. The van der Waals surface area contributed by atoms with Crippen molar-refractivity contribution in [3.8, 4) is 0 Å². The van der Waals surface area contributed by atoms with Gasteiger partial charge in [0.05, 0.1) is 18.5 Å². The largest absolute Gasteiger partial charge is 0.322 e. The summed E-state index contributed by atoms with van der Waals surface area (Å²) in [5, 5.41) is 2.92. The summed E-state index contributed by atoms with van der Waals surface area (Å²) in [6.45, 7) is 2.34. The molecule has 0 fully saturated rings.